The van der Waals surface area contributed by atoms with Crippen molar-refractivity contribution in [2.24, 2.45) is 0 Å². The number of anilines is 1. The lowest BCUT2D eigenvalue weighted by atomic mass is 9.92. The molecule has 1 amide bonds. The third-order valence-corrected chi connectivity index (χ3v) is 7.90. The van der Waals surface area contributed by atoms with Gasteiger partial charge >= 0.3 is 0 Å². The van der Waals surface area contributed by atoms with Gasteiger partial charge < -0.3 is 5.32 Å². The molecule has 0 fully saturated rings. The minimum atomic E-state index is -3.61. The van der Waals surface area contributed by atoms with E-state index in [1.165, 1.54) is 28.2 Å². The fraction of sp³-hybridized carbons (Fsp3) is 0.500. The van der Waals surface area contributed by atoms with Crippen LogP contribution in [0.2, 0.25) is 0 Å². The van der Waals surface area contributed by atoms with Crippen LogP contribution in [0.25, 0.3) is 0 Å². The van der Waals surface area contributed by atoms with Gasteiger partial charge in [0, 0.05) is 17.8 Å². The van der Waals surface area contributed by atoms with E-state index in [0.717, 1.165) is 56.2 Å². The summed E-state index contributed by atoms with van der Waals surface area (Å²) in [5.74, 6) is -0.223. The number of rotatable bonds is 6. The van der Waals surface area contributed by atoms with Crippen molar-refractivity contribution in [1.29, 1.82) is 0 Å². The Morgan fingerprint density at radius 2 is 1.79 bits per heavy atom. The number of nitrogens with zero attached hydrogens (tertiary/aromatic N) is 1. The summed E-state index contributed by atoms with van der Waals surface area (Å²) in [6.45, 7) is 0.0658. The van der Waals surface area contributed by atoms with E-state index in [-0.39, 0.29) is 23.8 Å². The molecule has 2 aliphatic rings. The fourth-order valence-corrected chi connectivity index (χ4v) is 5.99. The van der Waals surface area contributed by atoms with Gasteiger partial charge in [0.2, 0.25) is 15.9 Å². The second-order valence-electron chi connectivity index (χ2n) is 7.43. The topological polar surface area (TPSA) is 88.2 Å². The molecule has 2 aliphatic carbocycles. The van der Waals surface area contributed by atoms with Crippen LogP contribution in [0.5, 0.6) is 0 Å². The van der Waals surface area contributed by atoms with Crippen LogP contribution in [-0.2, 0) is 40.5 Å². The standard InChI is InChI=1S/C20H25N3O3S2/c24-19(23-20-22-17-7-3-4-8-18(17)27-20)11-12-21-28(25,26)16-10-9-14-5-1-2-6-15(14)13-16/h9-10,13,21H,1-8,11-12H2,(H,22,23,24). The maximum Gasteiger partial charge on any atom is 0.240 e. The number of nitrogens with one attached hydrogen (secondary N) is 2. The quantitative estimate of drug-likeness (QED) is 0.753. The first kappa shape index (κ1) is 19.5. The van der Waals surface area contributed by atoms with Crippen molar-refractivity contribution >= 4 is 32.4 Å². The zero-order chi connectivity index (χ0) is 19.6. The molecule has 2 N–H and O–H groups in total. The highest BCUT2D eigenvalue weighted by Gasteiger charge is 2.19. The molecule has 6 nitrogen and oxygen atoms in total. The normalized spacial score (nSPS) is 16.3. The third kappa shape index (κ3) is 4.45. The van der Waals surface area contributed by atoms with Crippen molar-refractivity contribution < 1.29 is 13.2 Å². The maximum atomic E-state index is 12.5. The van der Waals surface area contributed by atoms with Gasteiger partial charge in [-0.3, -0.25) is 4.79 Å². The van der Waals surface area contributed by atoms with E-state index >= 15 is 0 Å². The monoisotopic (exact) mass is 419 g/mol. The van der Waals surface area contributed by atoms with Crippen LogP contribution in [0.3, 0.4) is 0 Å². The fourth-order valence-electron chi connectivity index (χ4n) is 3.85. The largest absolute Gasteiger partial charge is 0.302 e. The molecule has 1 aromatic heterocycles. The number of hydrogen-bond donors (Lipinski definition) is 2. The highest BCUT2D eigenvalue weighted by molar-refractivity contribution is 7.89. The molecule has 0 atom stereocenters. The number of amides is 1. The van der Waals surface area contributed by atoms with Gasteiger partial charge in [0.05, 0.1) is 10.6 Å². The molecule has 0 saturated carbocycles. The first-order valence-electron chi connectivity index (χ1n) is 9.91. The Labute approximate surface area is 169 Å². The average Bonchev–Trinajstić information content (AvgIpc) is 3.09. The molecule has 8 heteroatoms. The van der Waals surface area contributed by atoms with Crippen LogP contribution >= 0.6 is 11.3 Å². The Bertz CT molecular complexity index is 959. The Morgan fingerprint density at radius 1 is 1.04 bits per heavy atom. The number of fused-ring (bicyclic) bond motifs is 2. The van der Waals surface area contributed by atoms with Crippen molar-refractivity contribution in [3.8, 4) is 0 Å². The summed E-state index contributed by atoms with van der Waals surface area (Å²) in [7, 11) is -3.61. The zero-order valence-electron chi connectivity index (χ0n) is 15.8. The second kappa shape index (κ2) is 8.31. The lowest BCUT2D eigenvalue weighted by Crippen LogP contribution is -2.28. The van der Waals surface area contributed by atoms with E-state index in [1.54, 1.807) is 12.1 Å². The Morgan fingerprint density at radius 3 is 2.61 bits per heavy atom. The summed E-state index contributed by atoms with van der Waals surface area (Å²) >= 11 is 1.53. The van der Waals surface area contributed by atoms with E-state index in [1.807, 2.05) is 6.07 Å². The van der Waals surface area contributed by atoms with Crippen LogP contribution in [0.15, 0.2) is 23.1 Å². The molecule has 28 heavy (non-hydrogen) atoms. The summed E-state index contributed by atoms with van der Waals surface area (Å²) < 4.78 is 27.6. The number of aromatic nitrogens is 1. The molecule has 1 aromatic carbocycles. The summed E-state index contributed by atoms with van der Waals surface area (Å²) in [6, 6.07) is 5.35. The van der Waals surface area contributed by atoms with Gasteiger partial charge in [-0.05, 0) is 74.6 Å². The van der Waals surface area contributed by atoms with E-state index in [9.17, 15) is 13.2 Å². The highest BCUT2D eigenvalue weighted by atomic mass is 32.2. The average molecular weight is 420 g/mol. The zero-order valence-corrected chi connectivity index (χ0v) is 17.4. The second-order valence-corrected chi connectivity index (χ2v) is 10.3. The molecule has 0 unspecified atom stereocenters. The van der Waals surface area contributed by atoms with Crippen molar-refractivity contribution in [2.45, 2.75) is 62.7 Å². The number of thiazole rings is 1. The Hall–Kier alpha value is -1.77. The predicted molar refractivity (Wildman–Crippen MR) is 110 cm³/mol. The summed E-state index contributed by atoms with van der Waals surface area (Å²) in [5, 5.41) is 3.42. The maximum absolute atomic E-state index is 12.5. The SMILES string of the molecule is O=C(CCNS(=O)(=O)c1ccc2c(c1)CCCC2)Nc1nc2c(s1)CCCC2. The van der Waals surface area contributed by atoms with E-state index < -0.39 is 10.0 Å². The molecule has 0 spiro atoms. The van der Waals surface area contributed by atoms with Crippen LogP contribution in [0.1, 0.15) is 53.8 Å². The molecular weight excluding hydrogens is 394 g/mol. The minimum Gasteiger partial charge on any atom is -0.302 e. The number of benzene rings is 1. The lowest BCUT2D eigenvalue weighted by molar-refractivity contribution is -0.116. The predicted octanol–water partition coefficient (Wildman–Crippen LogP) is 3.21. The van der Waals surface area contributed by atoms with Crippen molar-refractivity contribution in [3.63, 3.8) is 0 Å². The number of aryl methyl sites for hydroxylation is 4. The van der Waals surface area contributed by atoms with Crippen LogP contribution in [0.4, 0.5) is 5.13 Å². The smallest absolute Gasteiger partial charge is 0.240 e. The van der Waals surface area contributed by atoms with Crippen molar-refractivity contribution in [2.75, 3.05) is 11.9 Å². The first-order chi connectivity index (χ1) is 13.5. The first-order valence-corrected chi connectivity index (χ1v) is 12.2. The summed E-state index contributed by atoms with van der Waals surface area (Å²) in [5.41, 5.74) is 3.47. The third-order valence-electron chi connectivity index (χ3n) is 5.37. The molecule has 0 radical (unpaired) electrons. The van der Waals surface area contributed by atoms with Crippen LogP contribution in [-0.4, -0.2) is 25.9 Å². The molecule has 1 heterocycles. The van der Waals surface area contributed by atoms with Crippen molar-refractivity contribution in [3.05, 3.63) is 39.9 Å². The Balaban J connectivity index is 1.31. The van der Waals surface area contributed by atoms with E-state index in [4.69, 9.17) is 0 Å². The molecular formula is C20H25N3O3S2. The molecule has 0 saturated heterocycles. The molecule has 0 aliphatic heterocycles. The number of carbonyl (C=O) groups is 1. The van der Waals surface area contributed by atoms with Gasteiger partial charge in [0.25, 0.3) is 0 Å². The summed E-state index contributed by atoms with van der Waals surface area (Å²) in [6.07, 6.45) is 8.61. The highest BCUT2D eigenvalue weighted by Crippen LogP contribution is 2.29. The van der Waals surface area contributed by atoms with E-state index in [0.29, 0.717) is 5.13 Å². The minimum absolute atomic E-state index is 0.0658. The van der Waals surface area contributed by atoms with Gasteiger partial charge in [0.1, 0.15) is 0 Å². The van der Waals surface area contributed by atoms with Gasteiger partial charge in [-0.1, -0.05) is 6.07 Å². The van der Waals surface area contributed by atoms with Gasteiger partial charge in [0.15, 0.2) is 5.13 Å². The molecule has 4 rings (SSSR count). The lowest BCUT2D eigenvalue weighted by Gasteiger charge is -2.16. The van der Waals surface area contributed by atoms with Crippen molar-refractivity contribution in [1.82, 2.24) is 9.71 Å². The summed E-state index contributed by atoms with van der Waals surface area (Å²) in [4.78, 5) is 18.2. The molecule has 150 valence electrons. The van der Waals surface area contributed by atoms with Gasteiger partial charge in [-0.15, -0.1) is 11.3 Å². The molecule has 0 bridgehead atoms. The van der Waals surface area contributed by atoms with Gasteiger partial charge in [-0.25, -0.2) is 18.1 Å². The van der Waals surface area contributed by atoms with Crippen LogP contribution < -0.4 is 10.0 Å². The van der Waals surface area contributed by atoms with E-state index in [2.05, 4.69) is 15.0 Å². The van der Waals surface area contributed by atoms with Crippen LogP contribution in [0, 0.1) is 0 Å². The number of sulfonamides is 1. The van der Waals surface area contributed by atoms with Gasteiger partial charge in [-0.2, -0.15) is 0 Å². The number of hydrogen-bond acceptors (Lipinski definition) is 5. The molecule has 2 aromatic rings. The Kier molecular flexibility index (Phi) is 5.80. The number of carbonyl (C=O) groups excluding carboxylic acids is 1.